The van der Waals surface area contributed by atoms with Crippen LogP contribution in [0.3, 0.4) is 0 Å². The Morgan fingerprint density at radius 3 is 2.10 bits per heavy atom. The van der Waals surface area contributed by atoms with E-state index in [4.69, 9.17) is 10.5 Å². The maximum atomic E-state index is 12.5. The van der Waals surface area contributed by atoms with Crippen LogP contribution in [0.1, 0.15) is 20.7 Å². The molecule has 0 aliphatic carbocycles. The second-order valence-electron chi connectivity index (χ2n) is 5.03. The number of likely N-dealkylation sites (N-methyl/N-ethyl adjacent to an activating group) is 1. The molecule has 1 rings (SSSR count). The maximum Gasteiger partial charge on any atom is 0.253 e. The summed E-state index contributed by atoms with van der Waals surface area (Å²) in [5, 5.41) is 0. The third-order valence-corrected chi connectivity index (χ3v) is 3.09. The summed E-state index contributed by atoms with van der Waals surface area (Å²) in [4.78, 5) is 27.3. The molecule has 0 saturated heterocycles. The minimum Gasteiger partial charge on any atom is -0.383 e. The van der Waals surface area contributed by atoms with Crippen molar-refractivity contribution < 1.29 is 14.3 Å². The molecule has 116 valence electrons. The molecule has 0 bridgehead atoms. The molecule has 6 heteroatoms. The van der Waals surface area contributed by atoms with Crippen LogP contribution in [0.2, 0.25) is 0 Å². The number of hydrogen-bond acceptors (Lipinski definition) is 4. The average molecular weight is 293 g/mol. The molecule has 0 heterocycles. The Morgan fingerprint density at radius 1 is 1.05 bits per heavy atom. The smallest absolute Gasteiger partial charge is 0.253 e. The number of rotatable bonds is 8. The Hall–Kier alpha value is -1.92. The van der Waals surface area contributed by atoms with E-state index < -0.39 is 5.91 Å². The summed E-state index contributed by atoms with van der Waals surface area (Å²) < 4.78 is 5.05. The van der Waals surface area contributed by atoms with Crippen molar-refractivity contribution in [2.75, 3.05) is 47.4 Å². The van der Waals surface area contributed by atoms with Crippen LogP contribution in [-0.2, 0) is 4.74 Å². The van der Waals surface area contributed by atoms with E-state index in [2.05, 4.69) is 0 Å². The lowest BCUT2D eigenvalue weighted by Crippen LogP contribution is -2.38. The number of amides is 2. The Morgan fingerprint density at radius 2 is 1.62 bits per heavy atom. The highest BCUT2D eigenvalue weighted by atomic mass is 16.5. The summed E-state index contributed by atoms with van der Waals surface area (Å²) in [5.41, 5.74) is 6.12. The van der Waals surface area contributed by atoms with Crippen molar-refractivity contribution in [2.24, 2.45) is 5.73 Å². The molecule has 0 radical (unpaired) electrons. The van der Waals surface area contributed by atoms with E-state index in [1.165, 1.54) is 0 Å². The van der Waals surface area contributed by atoms with Crippen LogP contribution in [0.5, 0.6) is 0 Å². The first-order valence-corrected chi connectivity index (χ1v) is 6.78. The molecule has 21 heavy (non-hydrogen) atoms. The molecule has 0 aliphatic heterocycles. The van der Waals surface area contributed by atoms with Gasteiger partial charge in [-0.05, 0) is 38.4 Å². The largest absolute Gasteiger partial charge is 0.383 e. The van der Waals surface area contributed by atoms with Crippen LogP contribution in [0, 0.1) is 0 Å². The second-order valence-corrected chi connectivity index (χ2v) is 5.03. The van der Waals surface area contributed by atoms with Gasteiger partial charge in [-0.3, -0.25) is 9.59 Å². The Labute approximate surface area is 125 Å². The SMILES string of the molecule is COCCN(CCN(C)C)C(=O)c1ccc(C(N)=O)cc1. The van der Waals surface area contributed by atoms with Crippen LogP contribution in [0.4, 0.5) is 0 Å². The van der Waals surface area contributed by atoms with E-state index in [1.807, 2.05) is 19.0 Å². The van der Waals surface area contributed by atoms with Gasteiger partial charge in [0.1, 0.15) is 0 Å². The van der Waals surface area contributed by atoms with Crippen LogP contribution < -0.4 is 5.73 Å². The van der Waals surface area contributed by atoms with Gasteiger partial charge in [-0.25, -0.2) is 0 Å². The topological polar surface area (TPSA) is 75.9 Å². The lowest BCUT2D eigenvalue weighted by Gasteiger charge is -2.24. The number of methoxy groups -OCH3 is 1. The zero-order valence-corrected chi connectivity index (χ0v) is 12.8. The molecule has 2 amide bonds. The zero-order valence-electron chi connectivity index (χ0n) is 12.8. The first-order valence-electron chi connectivity index (χ1n) is 6.78. The van der Waals surface area contributed by atoms with E-state index in [0.29, 0.717) is 30.8 Å². The number of nitrogens with zero attached hydrogens (tertiary/aromatic N) is 2. The summed E-state index contributed by atoms with van der Waals surface area (Å²) in [7, 11) is 5.53. The highest BCUT2D eigenvalue weighted by Gasteiger charge is 2.16. The molecule has 0 unspecified atom stereocenters. The van der Waals surface area contributed by atoms with Gasteiger partial charge in [0.2, 0.25) is 5.91 Å². The van der Waals surface area contributed by atoms with Crippen molar-refractivity contribution in [1.82, 2.24) is 9.80 Å². The lowest BCUT2D eigenvalue weighted by atomic mass is 10.1. The van der Waals surface area contributed by atoms with Gasteiger partial charge in [0.15, 0.2) is 0 Å². The number of carbonyl (C=O) groups excluding carboxylic acids is 2. The van der Waals surface area contributed by atoms with Gasteiger partial charge in [-0.1, -0.05) is 0 Å². The third kappa shape index (κ3) is 5.53. The second kappa shape index (κ2) is 8.39. The van der Waals surface area contributed by atoms with E-state index >= 15 is 0 Å². The number of primary amides is 1. The molecule has 0 atom stereocenters. The van der Waals surface area contributed by atoms with Gasteiger partial charge in [-0.2, -0.15) is 0 Å². The van der Waals surface area contributed by atoms with E-state index in [0.717, 1.165) is 6.54 Å². The molecule has 6 nitrogen and oxygen atoms in total. The standard InChI is InChI=1S/C15H23N3O3/c1-17(2)8-9-18(10-11-21-3)15(20)13-6-4-12(5-7-13)14(16)19/h4-7H,8-11H2,1-3H3,(H2,16,19). The predicted molar refractivity (Wildman–Crippen MR) is 81.3 cm³/mol. The third-order valence-electron chi connectivity index (χ3n) is 3.09. The molecule has 0 fully saturated rings. The fourth-order valence-electron chi connectivity index (χ4n) is 1.80. The van der Waals surface area contributed by atoms with Gasteiger partial charge in [-0.15, -0.1) is 0 Å². The normalized spacial score (nSPS) is 10.7. The highest BCUT2D eigenvalue weighted by Crippen LogP contribution is 2.08. The summed E-state index contributed by atoms with van der Waals surface area (Å²) in [6.45, 7) is 2.40. The number of benzene rings is 1. The highest BCUT2D eigenvalue weighted by molar-refractivity contribution is 5.97. The van der Waals surface area contributed by atoms with Gasteiger partial charge in [0.25, 0.3) is 5.91 Å². The summed E-state index contributed by atoms with van der Waals surface area (Å²) in [6.07, 6.45) is 0. The van der Waals surface area contributed by atoms with Crippen molar-refractivity contribution in [3.8, 4) is 0 Å². The number of hydrogen-bond donors (Lipinski definition) is 1. The minimum absolute atomic E-state index is 0.0788. The quantitative estimate of drug-likeness (QED) is 0.754. The molecule has 2 N–H and O–H groups in total. The maximum absolute atomic E-state index is 12.5. The summed E-state index contributed by atoms with van der Waals surface area (Å²) >= 11 is 0. The summed E-state index contributed by atoms with van der Waals surface area (Å²) in [5.74, 6) is -0.581. The van der Waals surface area contributed by atoms with E-state index in [1.54, 1.807) is 36.3 Å². The Kier molecular flexibility index (Phi) is 6.84. The lowest BCUT2D eigenvalue weighted by molar-refractivity contribution is 0.0682. The van der Waals surface area contributed by atoms with Gasteiger partial charge < -0.3 is 20.3 Å². The van der Waals surface area contributed by atoms with E-state index in [9.17, 15) is 9.59 Å². The molecule has 0 aliphatic rings. The van der Waals surface area contributed by atoms with Crippen molar-refractivity contribution in [1.29, 1.82) is 0 Å². The fourth-order valence-corrected chi connectivity index (χ4v) is 1.80. The van der Waals surface area contributed by atoms with Crippen LogP contribution in [0.15, 0.2) is 24.3 Å². The van der Waals surface area contributed by atoms with Crippen molar-refractivity contribution in [2.45, 2.75) is 0 Å². The zero-order chi connectivity index (χ0) is 15.8. The van der Waals surface area contributed by atoms with Crippen LogP contribution in [-0.4, -0.2) is 69.1 Å². The molecule has 1 aromatic rings. The van der Waals surface area contributed by atoms with Crippen LogP contribution in [0.25, 0.3) is 0 Å². The predicted octanol–water partition coefficient (Wildman–Crippen LogP) is 0.436. The summed E-state index contributed by atoms with van der Waals surface area (Å²) in [6, 6.07) is 6.38. The fraction of sp³-hybridized carbons (Fsp3) is 0.467. The molecule has 1 aromatic carbocycles. The molecule has 0 saturated carbocycles. The Balaban J connectivity index is 2.79. The monoisotopic (exact) mass is 293 g/mol. The Bertz CT molecular complexity index is 472. The van der Waals surface area contributed by atoms with Gasteiger partial charge >= 0.3 is 0 Å². The average Bonchev–Trinajstić information content (AvgIpc) is 2.46. The van der Waals surface area contributed by atoms with Gasteiger partial charge in [0.05, 0.1) is 6.61 Å². The van der Waals surface area contributed by atoms with Crippen molar-refractivity contribution in [3.05, 3.63) is 35.4 Å². The molecular formula is C15H23N3O3. The minimum atomic E-state index is -0.502. The van der Waals surface area contributed by atoms with Crippen LogP contribution >= 0.6 is 0 Å². The molecular weight excluding hydrogens is 270 g/mol. The van der Waals surface area contributed by atoms with Crippen molar-refractivity contribution >= 4 is 11.8 Å². The first kappa shape index (κ1) is 17.1. The van der Waals surface area contributed by atoms with E-state index in [-0.39, 0.29) is 5.91 Å². The van der Waals surface area contributed by atoms with Gasteiger partial charge in [0, 0.05) is 37.9 Å². The number of carbonyl (C=O) groups is 2. The molecule has 0 spiro atoms. The first-order chi connectivity index (χ1) is 9.95. The van der Waals surface area contributed by atoms with Crippen molar-refractivity contribution in [3.63, 3.8) is 0 Å². The number of ether oxygens (including phenoxy) is 1. The molecule has 0 aromatic heterocycles. The number of nitrogens with two attached hydrogens (primary N) is 1.